The third kappa shape index (κ3) is 2.24. The van der Waals surface area contributed by atoms with Crippen LogP contribution in [-0.4, -0.2) is 36.3 Å². The number of para-hydroxylation sites is 1. The molecule has 0 aliphatic carbocycles. The topological polar surface area (TPSA) is 40.6 Å². The number of hydrogen-bond donors (Lipinski definition) is 0. The molecule has 2 rings (SSSR count). The van der Waals surface area contributed by atoms with E-state index in [-0.39, 0.29) is 0 Å². The summed E-state index contributed by atoms with van der Waals surface area (Å²) >= 11 is 6.03. The lowest BCUT2D eigenvalue weighted by atomic mass is 10.2. The van der Waals surface area contributed by atoms with E-state index in [9.17, 15) is 9.59 Å². The van der Waals surface area contributed by atoms with Gasteiger partial charge in [-0.1, -0.05) is 29.8 Å². The molecule has 1 fully saturated rings. The smallest absolute Gasteiger partial charge is 0.316 e. The van der Waals surface area contributed by atoms with Gasteiger partial charge in [-0.25, -0.2) is 0 Å². The van der Waals surface area contributed by atoms with Crippen molar-refractivity contribution in [3.8, 4) is 0 Å². The molecule has 2 amide bonds. The zero-order valence-electron chi connectivity index (χ0n) is 9.80. The van der Waals surface area contributed by atoms with Gasteiger partial charge >= 0.3 is 11.8 Å². The highest BCUT2D eigenvalue weighted by atomic mass is 35.5. The molecule has 0 spiro atoms. The van der Waals surface area contributed by atoms with E-state index in [1.807, 2.05) is 0 Å². The summed E-state index contributed by atoms with van der Waals surface area (Å²) in [4.78, 5) is 26.8. The summed E-state index contributed by atoms with van der Waals surface area (Å²) in [6, 6.07) is 7.00. The number of halogens is 1. The SMILES string of the molecule is C=CCN1CCN(c2ccccc2Cl)C(=O)C1=O. The van der Waals surface area contributed by atoms with Crippen LogP contribution >= 0.6 is 11.6 Å². The summed E-state index contributed by atoms with van der Waals surface area (Å²) in [5.74, 6) is -1.06. The Balaban J connectivity index is 2.23. The second kappa shape index (κ2) is 5.23. The quantitative estimate of drug-likeness (QED) is 0.616. The van der Waals surface area contributed by atoms with Gasteiger partial charge in [0.1, 0.15) is 0 Å². The highest BCUT2D eigenvalue weighted by molar-refractivity contribution is 6.42. The van der Waals surface area contributed by atoms with Crippen molar-refractivity contribution in [2.75, 3.05) is 24.5 Å². The Kier molecular flexibility index (Phi) is 3.67. The van der Waals surface area contributed by atoms with Crippen LogP contribution in [0.1, 0.15) is 0 Å². The Morgan fingerprint density at radius 2 is 1.94 bits per heavy atom. The van der Waals surface area contributed by atoms with Crippen molar-refractivity contribution >= 4 is 29.1 Å². The summed E-state index contributed by atoms with van der Waals surface area (Å²) in [7, 11) is 0. The van der Waals surface area contributed by atoms with Crippen molar-refractivity contribution in [3.63, 3.8) is 0 Å². The molecule has 18 heavy (non-hydrogen) atoms. The van der Waals surface area contributed by atoms with Crippen molar-refractivity contribution in [1.29, 1.82) is 0 Å². The Hall–Kier alpha value is -1.81. The Labute approximate surface area is 110 Å². The van der Waals surface area contributed by atoms with Crippen molar-refractivity contribution in [1.82, 2.24) is 4.90 Å². The Morgan fingerprint density at radius 1 is 1.22 bits per heavy atom. The first-order chi connectivity index (χ1) is 8.65. The number of carbonyl (C=O) groups is 2. The van der Waals surface area contributed by atoms with Gasteiger partial charge < -0.3 is 9.80 Å². The van der Waals surface area contributed by atoms with Crippen LogP contribution in [0.3, 0.4) is 0 Å². The lowest BCUT2D eigenvalue weighted by molar-refractivity contribution is -0.145. The third-order valence-corrected chi connectivity index (χ3v) is 3.12. The number of hydrogen-bond acceptors (Lipinski definition) is 2. The lowest BCUT2D eigenvalue weighted by Crippen LogP contribution is -2.54. The molecule has 94 valence electrons. The first kappa shape index (κ1) is 12.6. The van der Waals surface area contributed by atoms with Crippen LogP contribution < -0.4 is 4.90 Å². The molecule has 5 heteroatoms. The van der Waals surface area contributed by atoms with Crippen LogP contribution in [0.15, 0.2) is 36.9 Å². The van der Waals surface area contributed by atoms with E-state index in [1.54, 1.807) is 30.3 Å². The number of nitrogens with zero attached hydrogens (tertiary/aromatic N) is 2. The first-order valence-electron chi connectivity index (χ1n) is 5.61. The van der Waals surface area contributed by atoms with Gasteiger partial charge in [-0.05, 0) is 12.1 Å². The summed E-state index contributed by atoms with van der Waals surface area (Å²) < 4.78 is 0. The maximum atomic E-state index is 12.0. The maximum absolute atomic E-state index is 12.0. The predicted molar refractivity (Wildman–Crippen MR) is 70.6 cm³/mol. The number of benzene rings is 1. The Bertz CT molecular complexity index is 502. The summed E-state index contributed by atoms with van der Waals surface area (Å²) in [5, 5.41) is 0.468. The molecule has 1 heterocycles. The number of amides is 2. The number of carbonyl (C=O) groups excluding carboxylic acids is 2. The fraction of sp³-hybridized carbons (Fsp3) is 0.231. The second-order valence-electron chi connectivity index (χ2n) is 3.95. The van der Waals surface area contributed by atoms with Crippen molar-refractivity contribution < 1.29 is 9.59 Å². The largest absolute Gasteiger partial charge is 0.329 e. The minimum atomic E-state index is -0.545. The zero-order valence-corrected chi connectivity index (χ0v) is 10.6. The molecule has 0 saturated carbocycles. The number of rotatable bonds is 3. The predicted octanol–water partition coefficient (Wildman–Crippen LogP) is 1.70. The molecule has 4 nitrogen and oxygen atoms in total. The summed E-state index contributed by atoms with van der Waals surface area (Å²) in [6.07, 6.45) is 1.61. The molecule has 0 aromatic heterocycles. The summed E-state index contributed by atoms with van der Waals surface area (Å²) in [5.41, 5.74) is 0.579. The maximum Gasteiger partial charge on any atom is 0.316 e. The van der Waals surface area contributed by atoms with Crippen LogP contribution in [0.5, 0.6) is 0 Å². The van der Waals surface area contributed by atoms with E-state index < -0.39 is 11.8 Å². The monoisotopic (exact) mass is 264 g/mol. The average Bonchev–Trinajstić information content (AvgIpc) is 2.37. The molecule has 1 saturated heterocycles. The fourth-order valence-electron chi connectivity index (χ4n) is 1.91. The lowest BCUT2D eigenvalue weighted by Gasteiger charge is -2.33. The van der Waals surface area contributed by atoms with Crippen LogP contribution in [0.2, 0.25) is 5.02 Å². The second-order valence-corrected chi connectivity index (χ2v) is 4.36. The van der Waals surface area contributed by atoms with E-state index in [4.69, 9.17) is 11.6 Å². The van der Waals surface area contributed by atoms with Gasteiger partial charge in [-0.15, -0.1) is 6.58 Å². The Morgan fingerprint density at radius 3 is 2.61 bits per heavy atom. The van der Waals surface area contributed by atoms with Gasteiger partial charge in [0.15, 0.2) is 0 Å². The molecule has 0 N–H and O–H groups in total. The zero-order chi connectivity index (χ0) is 13.1. The van der Waals surface area contributed by atoms with Gasteiger partial charge in [0.05, 0.1) is 10.7 Å². The van der Waals surface area contributed by atoms with Gasteiger partial charge in [0.25, 0.3) is 0 Å². The van der Waals surface area contributed by atoms with E-state index in [1.165, 1.54) is 9.80 Å². The van der Waals surface area contributed by atoms with Crippen LogP contribution in [0, 0.1) is 0 Å². The molecule has 1 aromatic rings. The molecule has 1 aromatic carbocycles. The molecule has 0 unspecified atom stereocenters. The molecule has 1 aliphatic rings. The molecule has 1 aliphatic heterocycles. The molecule has 0 bridgehead atoms. The van der Waals surface area contributed by atoms with Crippen LogP contribution in [0.25, 0.3) is 0 Å². The van der Waals surface area contributed by atoms with Crippen LogP contribution in [-0.2, 0) is 9.59 Å². The van der Waals surface area contributed by atoms with E-state index >= 15 is 0 Å². The van der Waals surface area contributed by atoms with Crippen molar-refractivity contribution in [3.05, 3.63) is 41.9 Å². The summed E-state index contributed by atoms with van der Waals surface area (Å²) in [6.45, 7) is 4.89. The highest BCUT2D eigenvalue weighted by Crippen LogP contribution is 2.26. The van der Waals surface area contributed by atoms with E-state index in [0.717, 1.165) is 0 Å². The van der Waals surface area contributed by atoms with Gasteiger partial charge in [-0.2, -0.15) is 0 Å². The standard InChI is InChI=1S/C13H13ClN2O2/c1-2-7-15-8-9-16(13(18)12(15)17)11-6-4-3-5-10(11)14/h2-6H,1,7-9H2. The number of piperazine rings is 1. The number of anilines is 1. The molecule has 0 atom stereocenters. The van der Waals surface area contributed by atoms with Crippen LogP contribution in [0.4, 0.5) is 5.69 Å². The normalized spacial score (nSPS) is 16.1. The average molecular weight is 265 g/mol. The molecule has 0 radical (unpaired) electrons. The van der Waals surface area contributed by atoms with E-state index in [0.29, 0.717) is 30.3 Å². The van der Waals surface area contributed by atoms with Gasteiger partial charge in [0.2, 0.25) is 0 Å². The minimum absolute atomic E-state index is 0.390. The van der Waals surface area contributed by atoms with E-state index in [2.05, 4.69) is 6.58 Å². The van der Waals surface area contributed by atoms with Crippen molar-refractivity contribution in [2.24, 2.45) is 0 Å². The highest BCUT2D eigenvalue weighted by Gasteiger charge is 2.33. The molecular formula is C13H13ClN2O2. The van der Waals surface area contributed by atoms with Gasteiger partial charge in [0, 0.05) is 19.6 Å². The minimum Gasteiger partial charge on any atom is -0.329 e. The molecular weight excluding hydrogens is 252 g/mol. The van der Waals surface area contributed by atoms with Crippen molar-refractivity contribution in [2.45, 2.75) is 0 Å². The first-order valence-corrected chi connectivity index (χ1v) is 5.99. The third-order valence-electron chi connectivity index (χ3n) is 2.80. The fourth-order valence-corrected chi connectivity index (χ4v) is 2.14. The van der Waals surface area contributed by atoms with Gasteiger partial charge in [-0.3, -0.25) is 9.59 Å².